The number of benzene rings is 2. The van der Waals surface area contributed by atoms with E-state index in [4.69, 9.17) is 4.74 Å². The average Bonchev–Trinajstić information content (AvgIpc) is 2.61. The molecule has 0 spiro atoms. The van der Waals surface area contributed by atoms with Crippen molar-refractivity contribution in [3.05, 3.63) is 69.3 Å². The van der Waals surface area contributed by atoms with Gasteiger partial charge in [-0.15, -0.1) is 0 Å². The van der Waals surface area contributed by atoms with Crippen molar-refractivity contribution in [2.75, 3.05) is 5.32 Å². The smallest absolute Gasteiger partial charge is 0.339 e. The summed E-state index contributed by atoms with van der Waals surface area (Å²) in [5.74, 6) is -0.905. The number of fused-ring (bicyclic) bond motifs is 1. The summed E-state index contributed by atoms with van der Waals surface area (Å²) in [6, 6.07) is 11.3. The van der Waals surface area contributed by atoms with Gasteiger partial charge in [0.15, 0.2) is 5.60 Å². The highest BCUT2D eigenvalue weighted by molar-refractivity contribution is 6.03. The number of hydrogen-bond acceptors (Lipinski definition) is 5. The minimum Gasteiger partial charge on any atom is -0.445 e. The highest BCUT2D eigenvalue weighted by atomic mass is 16.6. The summed E-state index contributed by atoms with van der Waals surface area (Å²) >= 11 is 0. The van der Waals surface area contributed by atoms with E-state index in [2.05, 4.69) is 5.32 Å². The molecule has 0 bridgehead atoms. The first-order chi connectivity index (χ1) is 12.7. The Morgan fingerprint density at radius 1 is 1.26 bits per heavy atom. The molecule has 1 atom stereocenters. The molecule has 140 valence electrons. The summed E-state index contributed by atoms with van der Waals surface area (Å²) in [6.07, 6.45) is 0.196. The van der Waals surface area contributed by atoms with Gasteiger partial charge in [-0.1, -0.05) is 38.1 Å². The van der Waals surface area contributed by atoms with E-state index in [1.165, 1.54) is 25.1 Å². The zero-order valence-corrected chi connectivity index (χ0v) is 15.3. The van der Waals surface area contributed by atoms with Gasteiger partial charge in [0, 0.05) is 12.5 Å². The SMILES string of the molecule is CC(C)c1ccc2c(c1)CC(C)(C(=O)Nc1ccccc1[N+](=O)[O-])OC2=O. The lowest BCUT2D eigenvalue weighted by molar-refractivity contribution is -0.383. The topological polar surface area (TPSA) is 98.5 Å². The molecule has 7 nitrogen and oxygen atoms in total. The van der Waals surface area contributed by atoms with Crippen molar-refractivity contribution < 1.29 is 19.2 Å². The molecule has 0 saturated carbocycles. The largest absolute Gasteiger partial charge is 0.445 e. The number of carbonyl (C=O) groups is 2. The number of amides is 1. The number of nitrogens with one attached hydrogen (secondary N) is 1. The third kappa shape index (κ3) is 3.53. The summed E-state index contributed by atoms with van der Waals surface area (Å²) in [4.78, 5) is 35.8. The summed E-state index contributed by atoms with van der Waals surface area (Å²) < 4.78 is 5.41. The van der Waals surface area contributed by atoms with Gasteiger partial charge in [0.25, 0.3) is 11.6 Å². The zero-order chi connectivity index (χ0) is 19.8. The lowest BCUT2D eigenvalue weighted by atomic mass is 9.86. The highest BCUT2D eigenvalue weighted by Gasteiger charge is 2.43. The zero-order valence-electron chi connectivity index (χ0n) is 15.3. The molecule has 1 N–H and O–H groups in total. The summed E-state index contributed by atoms with van der Waals surface area (Å²) in [5, 5.41) is 13.7. The monoisotopic (exact) mass is 368 g/mol. The van der Waals surface area contributed by atoms with Gasteiger partial charge < -0.3 is 10.1 Å². The van der Waals surface area contributed by atoms with E-state index < -0.39 is 22.4 Å². The Kier molecular flexibility index (Phi) is 4.70. The Morgan fingerprint density at radius 3 is 2.63 bits per heavy atom. The van der Waals surface area contributed by atoms with Crippen LogP contribution < -0.4 is 5.32 Å². The van der Waals surface area contributed by atoms with Crippen molar-refractivity contribution in [3.63, 3.8) is 0 Å². The fourth-order valence-corrected chi connectivity index (χ4v) is 3.10. The number of cyclic esters (lactones) is 1. The van der Waals surface area contributed by atoms with Crippen LogP contribution in [0.1, 0.15) is 48.2 Å². The number of rotatable bonds is 4. The molecule has 2 aromatic carbocycles. The summed E-state index contributed by atoms with van der Waals surface area (Å²) in [7, 11) is 0. The fraction of sp³-hybridized carbons (Fsp3) is 0.300. The number of anilines is 1. The van der Waals surface area contributed by atoms with Gasteiger partial charge in [0.1, 0.15) is 5.69 Å². The molecule has 0 aromatic heterocycles. The maximum Gasteiger partial charge on any atom is 0.339 e. The maximum atomic E-state index is 12.8. The van der Waals surface area contributed by atoms with Gasteiger partial charge >= 0.3 is 5.97 Å². The molecule has 1 aliphatic rings. The molecule has 27 heavy (non-hydrogen) atoms. The van der Waals surface area contributed by atoms with Crippen molar-refractivity contribution in [3.8, 4) is 0 Å². The van der Waals surface area contributed by atoms with Crippen LogP contribution in [-0.4, -0.2) is 22.4 Å². The number of carbonyl (C=O) groups excluding carboxylic acids is 2. The molecule has 1 amide bonds. The van der Waals surface area contributed by atoms with Crippen LogP contribution in [0.15, 0.2) is 42.5 Å². The third-order valence-corrected chi connectivity index (χ3v) is 4.69. The molecule has 0 aliphatic carbocycles. The average molecular weight is 368 g/mol. The highest BCUT2D eigenvalue weighted by Crippen LogP contribution is 2.32. The molecule has 3 rings (SSSR count). The van der Waals surface area contributed by atoms with Crippen molar-refractivity contribution in [2.45, 2.75) is 38.7 Å². The van der Waals surface area contributed by atoms with Crippen molar-refractivity contribution in [2.24, 2.45) is 0 Å². The maximum absolute atomic E-state index is 12.8. The standard InChI is InChI=1S/C20H20N2O5/c1-12(2)13-8-9-15-14(10-13)11-20(3,27-18(15)23)19(24)21-16-6-4-5-7-17(16)22(25)26/h4-10,12H,11H2,1-3H3,(H,21,24). The van der Waals surface area contributed by atoms with E-state index in [1.807, 2.05) is 26.0 Å². The van der Waals surface area contributed by atoms with Crippen molar-refractivity contribution in [1.82, 2.24) is 0 Å². The van der Waals surface area contributed by atoms with E-state index in [0.29, 0.717) is 5.56 Å². The van der Waals surface area contributed by atoms with Crippen LogP contribution in [0.5, 0.6) is 0 Å². The summed E-state index contributed by atoms with van der Waals surface area (Å²) in [5.41, 5.74) is 0.618. The van der Waals surface area contributed by atoms with Crippen molar-refractivity contribution in [1.29, 1.82) is 0 Å². The van der Waals surface area contributed by atoms with Crippen LogP contribution in [0.25, 0.3) is 0 Å². The molecule has 1 aliphatic heterocycles. The van der Waals surface area contributed by atoms with E-state index in [1.54, 1.807) is 12.1 Å². The Labute approximate surface area is 156 Å². The molecule has 0 radical (unpaired) electrons. The molecule has 7 heteroatoms. The lowest BCUT2D eigenvalue weighted by Gasteiger charge is -2.33. The van der Waals surface area contributed by atoms with E-state index in [-0.39, 0.29) is 23.7 Å². The van der Waals surface area contributed by atoms with E-state index in [9.17, 15) is 19.7 Å². The summed E-state index contributed by atoms with van der Waals surface area (Å²) in [6.45, 7) is 5.60. The van der Waals surface area contributed by atoms with Gasteiger partial charge in [-0.3, -0.25) is 14.9 Å². The minimum absolute atomic E-state index is 0.0616. The van der Waals surface area contributed by atoms with Gasteiger partial charge in [-0.05, 0) is 36.1 Å². The number of para-hydroxylation sites is 2. The Balaban J connectivity index is 1.91. The van der Waals surface area contributed by atoms with E-state index >= 15 is 0 Å². The van der Waals surface area contributed by atoms with Crippen LogP contribution in [0.2, 0.25) is 0 Å². The van der Waals surface area contributed by atoms with E-state index in [0.717, 1.165) is 11.1 Å². The van der Waals surface area contributed by atoms with Gasteiger partial charge in [-0.25, -0.2) is 4.79 Å². The molecule has 0 saturated heterocycles. The van der Waals surface area contributed by atoms with Crippen LogP contribution >= 0.6 is 0 Å². The fourth-order valence-electron chi connectivity index (χ4n) is 3.10. The van der Waals surface area contributed by atoms with Crippen molar-refractivity contribution >= 4 is 23.3 Å². The van der Waals surface area contributed by atoms with Gasteiger partial charge in [0.05, 0.1) is 10.5 Å². The quantitative estimate of drug-likeness (QED) is 0.502. The molecule has 1 heterocycles. The van der Waals surface area contributed by atoms with Crippen LogP contribution in [-0.2, 0) is 16.0 Å². The Morgan fingerprint density at radius 2 is 1.96 bits per heavy atom. The third-order valence-electron chi connectivity index (χ3n) is 4.69. The number of ether oxygens (including phenoxy) is 1. The normalized spacial score (nSPS) is 18.6. The van der Waals surface area contributed by atoms with Crippen LogP contribution in [0, 0.1) is 10.1 Å². The predicted octanol–water partition coefficient (Wildman–Crippen LogP) is 3.83. The first-order valence-corrected chi connectivity index (χ1v) is 8.62. The van der Waals surface area contributed by atoms with Crippen LogP contribution in [0.3, 0.4) is 0 Å². The lowest BCUT2D eigenvalue weighted by Crippen LogP contribution is -2.49. The minimum atomic E-state index is -1.45. The second-order valence-corrected chi connectivity index (χ2v) is 7.10. The predicted molar refractivity (Wildman–Crippen MR) is 99.8 cm³/mol. The molecule has 1 unspecified atom stereocenters. The Bertz CT molecular complexity index is 938. The Hall–Kier alpha value is -3.22. The number of hydrogen-bond donors (Lipinski definition) is 1. The van der Waals surface area contributed by atoms with Gasteiger partial charge in [-0.2, -0.15) is 0 Å². The second-order valence-electron chi connectivity index (χ2n) is 7.10. The molecule has 2 aromatic rings. The number of esters is 1. The number of nitro groups is 1. The first kappa shape index (κ1) is 18.6. The molecular weight excluding hydrogens is 348 g/mol. The number of nitrogens with zero attached hydrogens (tertiary/aromatic N) is 1. The molecular formula is C20H20N2O5. The second kappa shape index (κ2) is 6.83. The van der Waals surface area contributed by atoms with Gasteiger partial charge in [0.2, 0.25) is 0 Å². The first-order valence-electron chi connectivity index (χ1n) is 8.62. The number of nitro benzene ring substituents is 1. The van der Waals surface area contributed by atoms with Crippen LogP contribution in [0.4, 0.5) is 11.4 Å². The molecule has 0 fully saturated rings.